The average molecular weight is 419 g/mol. The molecule has 0 aliphatic carbocycles. The van der Waals surface area contributed by atoms with Crippen molar-refractivity contribution in [1.82, 2.24) is 0 Å². The van der Waals surface area contributed by atoms with Crippen LogP contribution in [0.4, 0.5) is 0 Å². The van der Waals surface area contributed by atoms with Crippen LogP contribution < -0.4 is 0 Å². The average Bonchev–Trinajstić information content (AvgIpc) is 2.33. The Kier molecular flexibility index (Phi) is 17.4. The molecule has 0 saturated carbocycles. The van der Waals surface area contributed by atoms with Gasteiger partial charge in [0, 0.05) is 13.2 Å². The van der Waals surface area contributed by atoms with Crippen molar-refractivity contribution in [2.45, 2.75) is 114 Å². The molecular formula is C20H44OSn. The molecule has 134 valence electrons. The van der Waals surface area contributed by atoms with Crippen molar-refractivity contribution in [1.29, 1.82) is 0 Å². The maximum atomic E-state index is 5.53. The molecule has 0 bridgehead atoms. The summed E-state index contributed by atoms with van der Waals surface area (Å²) in [6, 6.07) is 0. The van der Waals surface area contributed by atoms with E-state index in [-0.39, 0.29) is 21.1 Å². The summed E-state index contributed by atoms with van der Waals surface area (Å²) in [4.78, 5) is 0. The Labute approximate surface area is 152 Å². The quantitative estimate of drug-likeness (QED) is 0.267. The topological polar surface area (TPSA) is 9.23 Å². The molecule has 0 aromatic heterocycles. The van der Waals surface area contributed by atoms with Gasteiger partial charge in [-0.15, -0.1) is 0 Å². The summed E-state index contributed by atoms with van der Waals surface area (Å²) in [6.45, 7) is 20.6. The minimum atomic E-state index is -0.182. The molecule has 0 fully saturated rings. The SMILES string of the molecule is CCCCCCOCCCCCC.C[C](C)(C)[Sn][C](C)(C)C. The van der Waals surface area contributed by atoms with E-state index in [4.69, 9.17) is 4.74 Å². The fraction of sp³-hybridized carbons (Fsp3) is 1.00. The zero-order chi connectivity index (χ0) is 17.5. The van der Waals surface area contributed by atoms with Gasteiger partial charge in [-0.1, -0.05) is 52.4 Å². The summed E-state index contributed by atoms with van der Waals surface area (Å²) in [5.41, 5.74) is 0. The molecule has 0 saturated heterocycles. The molecule has 2 radical (unpaired) electrons. The van der Waals surface area contributed by atoms with Gasteiger partial charge in [0.15, 0.2) is 0 Å². The molecule has 0 aliphatic rings. The normalized spacial score (nSPS) is 12.0. The predicted molar refractivity (Wildman–Crippen MR) is 104 cm³/mol. The van der Waals surface area contributed by atoms with Crippen LogP contribution in [0.5, 0.6) is 0 Å². The van der Waals surface area contributed by atoms with Gasteiger partial charge in [0.2, 0.25) is 0 Å². The molecule has 0 aromatic carbocycles. The van der Waals surface area contributed by atoms with Crippen molar-refractivity contribution in [3.05, 3.63) is 0 Å². The second-order valence-corrected chi connectivity index (χ2v) is 17.6. The van der Waals surface area contributed by atoms with Crippen LogP contribution in [-0.4, -0.2) is 34.4 Å². The summed E-state index contributed by atoms with van der Waals surface area (Å²) >= 11 is -0.182. The van der Waals surface area contributed by atoms with E-state index in [1.807, 2.05) is 0 Å². The van der Waals surface area contributed by atoms with Crippen molar-refractivity contribution in [3.63, 3.8) is 0 Å². The molecule has 0 unspecified atom stereocenters. The van der Waals surface area contributed by atoms with Gasteiger partial charge in [0.1, 0.15) is 0 Å². The van der Waals surface area contributed by atoms with Crippen molar-refractivity contribution in [2.75, 3.05) is 13.2 Å². The Hall–Kier alpha value is 0.759. The Morgan fingerprint density at radius 2 is 0.955 bits per heavy atom. The van der Waals surface area contributed by atoms with E-state index in [2.05, 4.69) is 55.4 Å². The first-order valence-electron chi connectivity index (χ1n) is 9.49. The third-order valence-corrected chi connectivity index (χ3v) is 7.32. The molecule has 0 aliphatic heterocycles. The van der Waals surface area contributed by atoms with Crippen LogP contribution in [0, 0.1) is 0 Å². The molecule has 22 heavy (non-hydrogen) atoms. The van der Waals surface area contributed by atoms with Gasteiger partial charge in [-0.3, -0.25) is 0 Å². The van der Waals surface area contributed by atoms with E-state index in [1.165, 1.54) is 51.4 Å². The number of ether oxygens (including phenoxy) is 1. The first-order valence-corrected chi connectivity index (χ1v) is 12.3. The van der Waals surface area contributed by atoms with Crippen LogP contribution in [0.25, 0.3) is 0 Å². The maximum absolute atomic E-state index is 5.53. The third-order valence-electron chi connectivity index (χ3n) is 3.03. The fourth-order valence-corrected chi connectivity index (χ4v) is 8.91. The Morgan fingerprint density at radius 1 is 0.591 bits per heavy atom. The van der Waals surface area contributed by atoms with Gasteiger partial charge < -0.3 is 4.74 Å². The Bertz CT molecular complexity index is 191. The van der Waals surface area contributed by atoms with Crippen LogP contribution in [0.1, 0.15) is 107 Å². The Balaban J connectivity index is 0. The first-order chi connectivity index (χ1) is 10.1. The van der Waals surface area contributed by atoms with Crippen molar-refractivity contribution in [3.8, 4) is 0 Å². The standard InChI is InChI=1S/C12H26O.2C4H9.Sn/c1-3-5-7-9-11-13-12-10-8-6-4-2;2*1-4(2)3;/h3-12H2,1-2H3;2*1-3H3;. The van der Waals surface area contributed by atoms with E-state index >= 15 is 0 Å². The monoisotopic (exact) mass is 420 g/mol. The second-order valence-electron chi connectivity index (χ2n) is 8.36. The zero-order valence-electron chi connectivity index (χ0n) is 17.0. The van der Waals surface area contributed by atoms with Gasteiger partial charge in [0.25, 0.3) is 0 Å². The molecular weight excluding hydrogens is 375 g/mol. The van der Waals surface area contributed by atoms with Crippen LogP contribution in [0.2, 0.25) is 6.86 Å². The molecule has 2 heteroatoms. The number of hydrogen-bond donors (Lipinski definition) is 0. The molecule has 0 heterocycles. The summed E-state index contributed by atoms with van der Waals surface area (Å²) < 4.78 is 6.84. The van der Waals surface area contributed by atoms with E-state index in [0.29, 0.717) is 6.86 Å². The summed E-state index contributed by atoms with van der Waals surface area (Å²) in [5, 5.41) is 0. The first kappa shape index (κ1) is 25.0. The molecule has 0 atom stereocenters. The van der Waals surface area contributed by atoms with Crippen LogP contribution >= 0.6 is 0 Å². The van der Waals surface area contributed by atoms with Crippen LogP contribution in [0.15, 0.2) is 0 Å². The van der Waals surface area contributed by atoms with Gasteiger partial charge >= 0.3 is 69.5 Å². The summed E-state index contributed by atoms with van der Waals surface area (Å²) in [6.07, 6.45) is 10.5. The van der Waals surface area contributed by atoms with Gasteiger partial charge in [-0.2, -0.15) is 0 Å². The van der Waals surface area contributed by atoms with Crippen LogP contribution in [0.3, 0.4) is 0 Å². The third kappa shape index (κ3) is 28.9. The Morgan fingerprint density at radius 3 is 1.18 bits per heavy atom. The molecule has 0 spiro atoms. The minimum absolute atomic E-state index is 0.182. The van der Waals surface area contributed by atoms with Crippen LogP contribution in [-0.2, 0) is 4.74 Å². The van der Waals surface area contributed by atoms with Crippen molar-refractivity contribution in [2.24, 2.45) is 0 Å². The number of unbranched alkanes of at least 4 members (excludes halogenated alkanes) is 6. The van der Waals surface area contributed by atoms with E-state index in [0.717, 1.165) is 13.2 Å². The summed E-state index contributed by atoms with van der Waals surface area (Å²) in [7, 11) is 0. The molecule has 0 N–H and O–H groups in total. The van der Waals surface area contributed by atoms with Crippen molar-refractivity contribution >= 4 is 21.1 Å². The number of hydrogen-bond acceptors (Lipinski definition) is 1. The van der Waals surface area contributed by atoms with Gasteiger partial charge in [-0.25, -0.2) is 0 Å². The summed E-state index contributed by atoms with van der Waals surface area (Å²) in [5.74, 6) is 0. The molecule has 1 nitrogen and oxygen atoms in total. The van der Waals surface area contributed by atoms with Gasteiger partial charge in [0.05, 0.1) is 0 Å². The van der Waals surface area contributed by atoms with E-state index in [1.54, 1.807) is 0 Å². The zero-order valence-corrected chi connectivity index (χ0v) is 19.8. The van der Waals surface area contributed by atoms with E-state index in [9.17, 15) is 0 Å². The van der Waals surface area contributed by atoms with Crippen molar-refractivity contribution < 1.29 is 4.74 Å². The number of rotatable bonds is 10. The molecule has 0 aromatic rings. The van der Waals surface area contributed by atoms with Gasteiger partial charge in [-0.05, 0) is 12.8 Å². The molecule has 0 rings (SSSR count). The molecule has 0 amide bonds. The van der Waals surface area contributed by atoms with E-state index < -0.39 is 0 Å². The predicted octanol–water partition coefficient (Wildman–Crippen LogP) is 7.29. The second kappa shape index (κ2) is 15.3. The fourth-order valence-electron chi connectivity index (χ4n) is 2.49.